The zero-order chi connectivity index (χ0) is 13.6. The average Bonchev–Trinajstić information content (AvgIpc) is 2.13. The van der Waals surface area contributed by atoms with Gasteiger partial charge in [0.15, 0.2) is 5.96 Å². The van der Waals surface area contributed by atoms with Crippen LogP contribution < -0.4 is 11.5 Å². The van der Waals surface area contributed by atoms with Gasteiger partial charge in [0.2, 0.25) is 5.66 Å². The van der Waals surface area contributed by atoms with Crippen molar-refractivity contribution in [1.29, 1.82) is 0 Å². The molecule has 17 heavy (non-hydrogen) atoms. The van der Waals surface area contributed by atoms with Gasteiger partial charge < -0.3 is 21.5 Å². The number of hydrogen-bond donors (Lipinski definition) is 3. The number of aliphatic carboxylic acids is 1. The third-order valence-electron chi connectivity index (χ3n) is 2.53. The Morgan fingerprint density at radius 1 is 1.29 bits per heavy atom. The van der Waals surface area contributed by atoms with E-state index in [1.807, 2.05) is 19.0 Å². The Kier molecular flexibility index (Phi) is 5.90. The molecule has 0 fully saturated rings. The van der Waals surface area contributed by atoms with Gasteiger partial charge in [0.05, 0.1) is 0 Å². The SMILES string of the molecule is CN(C)CCC[C@@](N=C(N)N)(C(=O)O)N(C)C. The lowest BCUT2D eigenvalue weighted by atomic mass is 10.0. The normalized spacial score (nSPS) is 14.7. The highest BCUT2D eigenvalue weighted by Crippen LogP contribution is 2.21. The van der Waals surface area contributed by atoms with Crippen LogP contribution in [0.25, 0.3) is 0 Å². The zero-order valence-corrected chi connectivity index (χ0v) is 11.0. The van der Waals surface area contributed by atoms with Crippen LogP contribution in [0.15, 0.2) is 4.99 Å². The molecule has 0 aliphatic rings. The van der Waals surface area contributed by atoms with E-state index in [0.29, 0.717) is 12.8 Å². The van der Waals surface area contributed by atoms with Crippen molar-refractivity contribution in [3.63, 3.8) is 0 Å². The summed E-state index contributed by atoms with van der Waals surface area (Å²) >= 11 is 0. The maximum absolute atomic E-state index is 11.4. The van der Waals surface area contributed by atoms with E-state index in [9.17, 15) is 9.90 Å². The van der Waals surface area contributed by atoms with Crippen LogP contribution in [-0.2, 0) is 4.79 Å². The van der Waals surface area contributed by atoms with Gasteiger partial charge in [0.1, 0.15) is 0 Å². The van der Waals surface area contributed by atoms with Crippen LogP contribution in [0.1, 0.15) is 12.8 Å². The predicted molar refractivity (Wildman–Crippen MR) is 67.7 cm³/mol. The number of carboxylic acids is 1. The Morgan fingerprint density at radius 3 is 2.12 bits per heavy atom. The van der Waals surface area contributed by atoms with Gasteiger partial charge in [0.25, 0.3) is 0 Å². The number of likely N-dealkylation sites (N-methyl/N-ethyl adjacent to an activating group) is 1. The summed E-state index contributed by atoms with van der Waals surface area (Å²) < 4.78 is 0. The second-order valence-corrected chi connectivity index (χ2v) is 4.46. The molecule has 0 aromatic rings. The van der Waals surface area contributed by atoms with Crippen molar-refractivity contribution < 1.29 is 9.90 Å². The first-order chi connectivity index (χ1) is 7.72. The lowest BCUT2D eigenvalue weighted by Gasteiger charge is -2.32. The number of nitrogens with two attached hydrogens (primary N) is 2. The molecule has 0 rings (SSSR count). The summed E-state index contributed by atoms with van der Waals surface area (Å²) in [6.07, 6.45) is 1.04. The van der Waals surface area contributed by atoms with Gasteiger partial charge >= 0.3 is 5.97 Å². The Morgan fingerprint density at radius 2 is 1.82 bits per heavy atom. The molecule has 100 valence electrons. The minimum Gasteiger partial charge on any atom is -0.478 e. The summed E-state index contributed by atoms with van der Waals surface area (Å²) in [6, 6.07) is 0. The monoisotopic (exact) mass is 245 g/mol. The maximum Gasteiger partial charge on any atom is 0.346 e. The lowest BCUT2D eigenvalue weighted by Crippen LogP contribution is -2.52. The molecule has 1 atom stereocenters. The van der Waals surface area contributed by atoms with Crippen LogP contribution in [0.4, 0.5) is 0 Å². The molecule has 0 saturated heterocycles. The van der Waals surface area contributed by atoms with Crippen molar-refractivity contribution in [1.82, 2.24) is 9.80 Å². The molecule has 0 aliphatic carbocycles. The number of carboxylic acid groups (broad SMARTS) is 1. The number of carbonyl (C=O) groups is 1. The summed E-state index contributed by atoms with van der Waals surface area (Å²) in [5, 5.41) is 9.33. The van der Waals surface area contributed by atoms with Crippen molar-refractivity contribution in [3.8, 4) is 0 Å². The molecule has 0 aromatic carbocycles. The van der Waals surface area contributed by atoms with E-state index < -0.39 is 11.6 Å². The fourth-order valence-corrected chi connectivity index (χ4v) is 1.58. The van der Waals surface area contributed by atoms with E-state index in [0.717, 1.165) is 6.54 Å². The Hall–Kier alpha value is -1.34. The molecule has 0 radical (unpaired) electrons. The molecular formula is C10H23N5O2. The van der Waals surface area contributed by atoms with E-state index in [4.69, 9.17) is 11.5 Å². The standard InChI is InChI=1S/C10H23N5O2/c1-14(2)7-5-6-10(8(16)17,15(3)4)13-9(11)12/h5-7H2,1-4H3,(H,16,17)(H4,11,12,13)/t10-/m0/s1. The molecule has 7 heteroatoms. The van der Waals surface area contributed by atoms with E-state index in [1.165, 1.54) is 4.90 Å². The highest BCUT2D eigenvalue weighted by Gasteiger charge is 2.40. The van der Waals surface area contributed by atoms with Crippen molar-refractivity contribution in [3.05, 3.63) is 0 Å². The van der Waals surface area contributed by atoms with Gasteiger partial charge in [0, 0.05) is 0 Å². The molecule has 0 bridgehead atoms. The number of nitrogens with zero attached hydrogens (tertiary/aromatic N) is 3. The van der Waals surface area contributed by atoms with Gasteiger partial charge in [-0.3, -0.25) is 4.90 Å². The van der Waals surface area contributed by atoms with Crippen molar-refractivity contribution >= 4 is 11.9 Å². The molecule has 0 aromatic heterocycles. The lowest BCUT2D eigenvalue weighted by molar-refractivity contribution is -0.150. The first-order valence-electron chi connectivity index (χ1n) is 5.38. The molecule has 0 amide bonds. The van der Waals surface area contributed by atoms with Gasteiger partial charge in [-0.1, -0.05) is 0 Å². The summed E-state index contributed by atoms with van der Waals surface area (Å²) in [5.41, 5.74) is 9.25. The first-order valence-corrected chi connectivity index (χ1v) is 5.38. The van der Waals surface area contributed by atoms with Gasteiger partial charge in [-0.25, -0.2) is 9.79 Å². The Labute approximate surface area is 102 Å². The molecule has 7 nitrogen and oxygen atoms in total. The fourth-order valence-electron chi connectivity index (χ4n) is 1.58. The quantitative estimate of drug-likeness (QED) is 0.390. The van der Waals surface area contributed by atoms with E-state index in [1.54, 1.807) is 14.1 Å². The summed E-state index contributed by atoms with van der Waals surface area (Å²) in [6.45, 7) is 0.781. The smallest absolute Gasteiger partial charge is 0.346 e. The maximum atomic E-state index is 11.4. The molecule has 5 N–H and O–H groups in total. The van der Waals surface area contributed by atoms with Crippen molar-refractivity contribution in [2.45, 2.75) is 18.5 Å². The van der Waals surface area contributed by atoms with Gasteiger partial charge in [-0.15, -0.1) is 0 Å². The van der Waals surface area contributed by atoms with Gasteiger partial charge in [-0.05, 0) is 47.6 Å². The van der Waals surface area contributed by atoms with Crippen LogP contribution >= 0.6 is 0 Å². The largest absolute Gasteiger partial charge is 0.478 e. The van der Waals surface area contributed by atoms with Crippen LogP contribution in [0.5, 0.6) is 0 Å². The number of hydrogen-bond acceptors (Lipinski definition) is 4. The molecule has 0 heterocycles. The third kappa shape index (κ3) is 4.58. The molecular weight excluding hydrogens is 222 g/mol. The van der Waals surface area contributed by atoms with E-state index in [2.05, 4.69) is 4.99 Å². The third-order valence-corrected chi connectivity index (χ3v) is 2.53. The average molecular weight is 245 g/mol. The van der Waals surface area contributed by atoms with Crippen LogP contribution in [-0.4, -0.2) is 67.2 Å². The van der Waals surface area contributed by atoms with Crippen LogP contribution in [0.3, 0.4) is 0 Å². The summed E-state index contributed by atoms with van der Waals surface area (Å²) in [5.74, 6) is -1.26. The number of aliphatic imine (C=N–C) groups is 1. The highest BCUT2D eigenvalue weighted by atomic mass is 16.4. The second-order valence-electron chi connectivity index (χ2n) is 4.46. The first kappa shape index (κ1) is 15.7. The molecule has 0 saturated carbocycles. The fraction of sp³-hybridized carbons (Fsp3) is 0.800. The minimum absolute atomic E-state index is 0.217. The topological polar surface area (TPSA) is 108 Å². The van der Waals surface area contributed by atoms with Crippen molar-refractivity contribution in [2.24, 2.45) is 16.5 Å². The second kappa shape index (κ2) is 6.41. The summed E-state index contributed by atoms with van der Waals surface area (Å²) in [4.78, 5) is 18.8. The van der Waals surface area contributed by atoms with Crippen LogP contribution in [0.2, 0.25) is 0 Å². The summed E-state index contributed by atoms with van der Waals surface area (Å²) in [7, 11) is 7.16. The van der Waals surface area contributed by atoms with Crippen molar-refractivity contribution in [2.75, 3.05) is 34.7 Å². The van der Waals surface area contributed by atoms with E-state index in [-0.39, 0.29) is 5.96 Å². The minimum atomic E-state index is -1.38. The van der Waals surface area contributed by atoms with E-state index >= 15 is 0 Å². The Balaban J connectivity index is 4.94. The number of rotatable bonds is 7. The zero-order valence-electron chi connectivity index (χ0n) is 11.0. The molecule has 0 spiro atoms. The predicted octanol–water partition coefficient (Wildman–Crippen LogP) is -1.06. The Bertz CT molecular complexity index is 286. The highest BCUT2D eigenvalue weighted by molar-refractivity contribution is 5.84. The number of guanidine groups is 1. The molecule has 0 unspecified atom stereocenters. The van der Waals surface area contributed by atoms with Gasteiger partial charge in [-0.2, -0.15) is 0 Å². The van der Waals surface area contributed by atoms with Crippen LogP contribution in [0, 0.1) is 0 Å². The molecule has 0 aliphatic heterocycles.